The lowest BCUT2D eigenvalue weighted by molar-refractivity contribution is -0.134. The minimum Gasteiger partial charge on any atom is -0.441 e. The molecule has 3 rings (SSSR count). The van der Waals surface area contributed by atoms with Crippen molar-refractivity contribution in [3.63, 3.8) is 0 Å². The first-order valence-corrected chi connectivity index (χ1v) is 8.04. The molecule has 0 aliphatic heterocycles. The van der Waals surface area contributed by atoms with E-state index in [-0.39, 0.29) is 23.6 Å². The van der Waals surface area contributed by atoms with Gasteiger partial charge in [0, 0.05) is 6.42 Å². The fraction of sp³-hybridized carbons (Fsp3) is 0.105. The van der Waals surface area contributed by atoms with Crippen LogP contribution in [-0.2, 0) is 11.2 Å². The van der Waals surface area contributed by atoms with E-state index in [0.717, 1.165) is 0 Å². The molecule has 0 radical (unpaired) electrons. The Bertz CT molecular complexity index is 994. The monoisotopic (exact) mass is 370 g/mol. The molecule has 0 fully saturated rings. The number of carbonyl (C=O) groups excluding carboxylic acids is 1. The predicted octanol–water partition coefficient (Wildman–Crippen LogP) is 4.54. The lowest BCUT2D eigenvalue weighted by Gasteiger charge is -2.05. The molecule has 0 aliphatic rings. The standard InChI is InChI=1S/C19H12ClFN2O3/c20-14-9-12(10-22)5-6-16(14)26-19(24)8-7-18-23-11-17(25-18)13-3-1-2-4-15(13)21/h1-6,9,11H,7-8H2. The number of carbonyl (C=O) groups is 1. The molecule has 0 spiro atoms. The molecule has 5 nitrogen and oxygen atoms in total. The van der Waals surface area contributed by atoms with Gasteiger partial charge in [0.1, 0.15) is 11.6 Å². The van der Waals surface area contributed by atoms with E-state index in [1.54, 1.807) is 18.2 Å². The van der Waals surface area contributed by atoms with E-state index < -0.39 is 11.8 Å². The highest BCUT2D eigenvalue weighted by Gasteiger charge is 2.14. The predicted molar refractivity (Wildman–Crippen MR) is 92.0 cm³/mol. The number of ether oxygens (including phenoxy) is 1. The van der Waals surface area contributed by atoms with Gasteiger partial charge in [-0.15, -0.1) is 0 Å². The van der Waals surface area contributed by atoms with Gasteiger partial charge in [-0.3, -0.25) is 4.79 Å². The number of aryl methyl sites for hydroxylation is 1. The van der Waals surface area contributed by atoms with Gasteiger partial charge in [0.15, 0.2) is 11.7 Å². The molecule has 0 aliphatic carbocycles. The normalized spacial score (nSPS) is 10.3. The number of nitriles is 1. The molecule has 0 atom stereocenters. The number of rotatable bonds is 5. The van der Waals surface area contributed by atoms with Crippen molar-refractivity contribution in [2.45, 2.75) is 12.8 Å². The Balaban J connectivity index is 1.60. The molecule has 0 unspecified atom stereocenters. The Labute approximate surface area is 153 Å². The van der Waals surface area contributed by atoms with Crippen LogP contribution in [0.2, 0.25) is 5.02 Å². The van der Waals surface area contributed by atoms with Crippen LogP contribution < -0.4 is 4.74 Å². The molecular formula is C19H12ClFN2O3. The first-order chi connectivity index (χ1) is 12.6. The Morgan fingerprint density at radius 3 is 2.85 bits per heavy atom. The number of hydrogen-bond acceptors (Lipinski definition) is 5. The third-order valence-corrected chi connectivity index (χ3v) is 3.82. The average molecular weight is 371 g/mol. The number of aromatic nitrogens is 1. The molecule has 0 saturated heterocycles. The van der Waals surface area contributed by atoms with Crippen molar-refractivity contribution in [3.05, 3.63) is 71.0 Å². The van der Waals surface area contributed by atoms with Gasteiger partial charge in [-0.1, -0.05) is 23.7 Å². The van der Waals surface area contributed by atoms with Crippen LogP contribution >= 0.6 is 11.6 Å². The van der Waals surface area contributed by atoms with Gasteiger partial charge in [0.05, 0.1) is 34.8 Å². The topological polar surface area (TPSA) is 76.1 Å². The summed E-state index contributed by atoms with van der Waals surface area (Å²) in [7, 11) is 0. The van der Waals surface area contributed by atoms with Gasteiger partial charge in [-0.2, -0.15) is 5.26 Å². The van der Waals surface area contributed by atoms with E-state index in [0.29, 0.717) is 22.8 Å². The Morgan fingerprint density at radius 2 is 2.12 bits per heavy atom. The van der Waals surface area contributed by atoms with Crippen LogP contribution in [0.1, 0.15) is 17.9 Å². The molecule has 1 aromatic heterocycles. The molecule has 0 bridgehead atoms. The molecule has 26 heavy (non-hydrogen) atoms. The van der Waals surface area contributed by atoms with Crippen LogP contribution in [0, 0.1) is 17.1 Å². The van der Waals surface area contributed by atoms with Gasteiger partial charge in [0.25, 0.3) is 0 Å². The summed E-state index contributed by atoms with van der Waals surface area (Å²) in [4.78, 5) is 16.0. The van der Waals surface area contributed by atoms with Crippen LogP contribution in [0.3, 0.4) is 0 Å². The van der Waals surface area contributed by atoms with E-state index in [1.807, 2.05) is 6.07 Å². The summed E-state index contributed by atoms with van der Waals surface area (Å²) in [6, 6.07) is 12.5. The summed E-state index contributed by atoms with van der Waals surface area (Å²) in [6.45, 7) is 0. The van der Waals surface area contributed by atoms with Crippen LogP contribution in [0.4, 0.5) is 4.39 Å². The largest absolute Gasteiger partial charge is 0.441 e. The lowest BCUT2D eigenvalue weighted by atomic mass is 10.2. The van der Waals surface area contributed by atoms with Crippen molar-refractivity contribution < 1.29 is 18.3 Å². The first kappa shape index (κ1) is 17.6. The van der Waals surface area contributed by atoms with Crippen LogP contribution in [-0.4, -0.2) is 11.0 Å². The number of nitrogens with zero attached hydrogens (tertiary/aromatic N) is 2. The van der Waals surface area contributed by atoms with E-state index in [9.17, 15) is 9.18 Å². The Morgan fingerprint density at radius 1 is 1.31 bits per heavy atom. The second kappa shape index (κ2) is 7.81. The summed E-state index contributed by atoms with van der Waals surface area (Å²) < 4.78 is 24.4. The summed E-state index contributed by atoms with van der Waals surface area (Å²) >= 11 is 5.96. The average Bonchev–Trinajstić information content (AvgIpc) is 3.11. The molecule has 1 heterocycles. The van der Waals surface area contributed by atoms with Gasteiger partial charge < -0.3 is 9.15 Å². The van der Waals surface area contributed by atoms with Crippen LogP contribution in [0.15, 0.2) is 53.1 Å². The zero-order valence-electron chi connectivity index (χ0n) is 13.4. The van der Waals surface area contributed by atoms with E-state index in [2.05, 4.69) is 4.98 Å². The maximum absolute atomic E-state index is 13.7. The number of halogens is 2. The number of esters is 1. The van der Waals surface area contributed by atoms with Crippen LogP contribution in [0.25, 0.3) is 11.3 Å². The smallest absolute Gasteiger partial charge is 0.311 e. The number of benzene rings is 2. The minimum atomic E-state index is -0.526. The maximum atomic E-state index is 13.7. The van der Waals surface area contributed by atoms with Gasteiger partial charge in [-0.25, -0.2) is 9.37 Å². The highest BCUT2D eigenvalue weighted by atomic mass is 35.5. The Kier molecular flexibility index (Phi) is 5.30. The van der Waals surface area contributed by atoms with E-state index in [4.69, 9.17) is 26.0 Å². The van der Waals surface area contributed by atoms with Crippen molar-refractivity contribution in [1.82, 2.24) is 4.98 Å². The summed E-state index contributed by atoms with van der Waals surface area (Å²) in [5, 5.41) is 8.97. The summed E-state index contributed by atoms with van der Waals surface area (Å²) in [5.41, 5.74) is 0.674. The number of oxazole rings is 1. The highest BCUT2D eigenvalue weighted by molar-refractivity contribution is 6.32. The third kappa shape index (κ3) is 4.08. The second-order valence-corrected chi connectivity index (χ2v) is 5.74. The van der Waals surface area contributed by atoms with E-state index >= 15 is 0 Å². The lowest BCUT2D eigenvalue weighted by Crippen LogP contribution is -2.09. The molecule has 130 valence electrons. The molecule has 3 aromatic rings. The van der Waals surface area contributed by atoms with Gasteiger partial charge in [-0.05, 0) is 30.3 Å². The molecule has 0 N–H and O–H groups in total. The second-order valence-electron chi connectivity index (χ2n) is 5.33. The zero-order chi connectivity index (χ0) is 18.5. The zero-order valence-corrected chi connectivity index (χ0v) is 14.2. The first-order valence-electron chi connectivity index (χ1n) is 7.67. The molecule has 0 amide bonds. The molecule has 2 aromatic carbocycles. The Hall–Kier alpha value is -3.17. The van der Waals surface area contributed by atoms with Crippen molar-refractivity contribution in [2.24, 2.45) is 0 Å². The van der Waals surface area contributed by atoms with E-state index in [1.165, 1.54) is 30.5 Å². The fourth-order valence-corrected chi connectivity index (χ4v) is 2.47. The SMILES string of the molecule is N#Cc1ccc(OC(=O)CCc2ncc(-c3ccccc3F)o2)c(Cl)c1. The maximum Gasteiger partial charge on any atom is 0.311 e. The van der Waals surface area contributed by atoms with Crippen molar-refractivity contribution in [1.29, 1.82) is 5.26 Å². The summed E-state index contributed by atoms with van der Waals surface area (Å²) in [5.74, 6) is -0.171. The molecule has 7 heteroatoms. The van der Waals surface area contributed by atoms with Gasteiger partial charge in [0.2, 0.25) is 0 Å². The van der Waals surface area contributed by atoms with Crippen molar-refractivity contribution in [2.75, 3.05) is 0 Å². The quantitative estimate of drug-likeness (QED) is 0.486. The van der Waals surface area contributed by atoms with Crippen LogP contribution in [0.5, 0.6) is 5.75 Å². The third-order valence-electron chi connectivity index (χ3n) is 3.52. The highest BCUT2D eigenvalue weighted by Crippen LogP contribution is 2.26. The fourth-order valence-electron chi connectivity index (χ4n) is 2.25. The molecule has 0 saturated carbocycles. The van der Waals surface area contributed by atoms with Gasteiger partial charge >= 0.3 is 5.97 Å². The van der Waals surface area contributed by atoms with Crippen molar-refractivity contribution in [3.8, 4) is 23.1 Å². The van der Waals surface area contributed by atoms with Crippen molar-refractivity contribution >= 4 is 17.6 Å². The minimum absolute atomic E-state index is 0.00750. The summed E-state index contributed by atoms with van der Waals surface area (Å²) in [6.07, 6.45) is 1.62. The number of hydrogen-bond donors (Lipinski definition) is 0. The molecular weight excluding hydrogens is 359 g/mol.